The van der Waals surface area contributed by atoms with Crippen LogP contribution in [0.3, 0.4) is 0 Å². The lowest BCUT2D eigenvalue weighted by molar-refractivity contribution is 0.122. The number of morpholine rings is 1. The molecule has 4 nitrogen and oxygen atoms in total. The van der Waals surface area contributed by atoms with Gasteiger partial charge in [-0.3, -0.25) is 0 Å². The number of hydrogen-bond donors (Lipinski definition) is 0. The molecular weight excluding hydrogens is 202 g/mol. The summed E-state index contributed by atoms with van der Waals surface area (Å²) in [6, 6.07) is 0. The molecule has 0 radical (unpaired) electrons. The first-order chi connectivity index (χ1) is 7.77. The third-order valence-electron chi connectivity index (χ3n) is 2.06. The van der Waals surface area contributed by atoms with Crippen LogP contribution in [-0.4, -0.2) is 36.3 Å². The van der Waals surface area contributed by atoms with E-state index in [0.29, 0.717) is 0 Å². The first-order valence-corrected chi connectivity index (χ1v) is 5.89. The van der Waals surface area contributed by atoms with E-state index in [-0.39, 0.29) is 0 Å². The minimum Gasteiger partial charge on any atom is -0.378 e. The molecule has 1 fully saturated rings. The normalized spacial score (nSPS) is 15.3. The van der Waals surface area contributed by atoms with E-state index in [1.165, 1.54) is 6.42 Å². The first kappa shape index (κ1) is 12.9. The highest BCUT2D eigenvalue weighted by molar-refractivity contribution is 5.29. The summed E-state index contributed by atoms with van der Waals surface area (Å²) in [4.78, 5) is 10.7. The van der Waals surface area contributed by atoms with E-state index in [1.807, 2.05) is 19.3 Å². The Morgan fingerprint density at radius 2 is 1.69 bits per heavy atom. The third kappa shape index (κ3) is 4.14. The van der Waals surface area contributed by atoms with Crippen molar-refractivity contribution in [2.45, 2.75) is 27.2 Å². The molecule has 90 valence electrons. The van der Waals surface area contributed by atoms with Crippen molar-refractivity contribution >= 4 is 5.95 Å². The minimum absolute atomic E-state index is 0.775. The van der Waals surface area contributed by atoms with Gasteiger partial charge in [0.05, 0.1) is 13.2 Å². The second kappa shape index (κ2) is 7.17. The van der Waals surface area contributed by atoms with Gasteiger partial charge < -0.3 is 9.64 Å². The fourth-order valence-electron chi connectivity index (χ4n) is 1.31. The SMILES string of the molecule is CCC.Cc1cnc(N2CCOCC2)nc1. The zero-order valence-corrected chi connectivity index (χ0v) is 10.4. The van der Waals surface area contributed by atoms with Gasteiger partial charge in [-0.15, -0.1) is 0 Å². The van der Waals surface area contributed by atoms with Gasteiger partial charge in [-0.2, -0.15) is 0 Å². The molecule has 0 amide bonds. The van der Waals surface area contributed by atoms with E-state index in [2.05, 4.69) is 28.7 Å². The lowest BCUT2D eigenvalue weighted by atomic mass is 10.4. The third-order valence-corrected chi connectivity index (χ3v) is 2.06. The Balaban J connectivity index is 0.000000386. The quantitative estimate of drug-likeness (QED) is 0.730. The van der Waals surface area contributed by atoms with Crippen molar-refractivity contribution in [3.8, 4) is 0 Å². The Bertz CT molecular complexity index is 281. The Labute approximate surface area is 97.7 Å². The fraction of sp³-hybridized carbons (Fsp3) is 0.667. The second-order valence-corrected chi connectivity index (χ2v) is 3.87. The summed E-state index contributed by atoms with van der Waals surface area (Å²) >= 11 is 0. The van der Waals surface area contributed by atoms with Crippen molar-refractivity contribution < 1.29 is 4.74 Å². The van der Waals surface area contributed by atoms with Crippen LogP contribution in [0.4, 0.5) is 5.95 Å². The molecular formula is C12H21N3O. The lowest BCUT2D eigenvalue weighted by Crippen LogP contribution is -2.37. The molecule has 0 spiro atoms. The summed E-state index contributed by atoms with van der Waals surface area (Å²) in [6.07, 6.45) is 4.94. The number of rotatable bonds is 1. The van der Waals surface area contributed by atoms with Gasteiger partial charge in [-0.25, -0.2) is 9.97 Å². The van der Waals surface area contributed by atoms with Crippen molar-refractivity contribution in [2.24, 2.45) is 0 Å². The van der Waals surface area contributed by atoms with Crippen molar-refractivity contribution in [1.29, 1.82) is 0 Å². The van der Waals surface area contributed by atoms with Crippen LogP contribution in [0.1, 0.15) is 25.8 Å². The van der Waals surface area contributed by atoms with Crippen molar-refractivity contribution in [3.05, 3.63) is 18.0 Å². The molecule has 0 aromatic carbocycles. The molecule has 1 aromatic heterocycles. The standard InChI is InChI=1S/C9H13N3O.C3H8/c1-8-6-10-9(11-7-8)12-2-4-13-5-3-12;1-3-2/h6-7H,2-5H2,1H3;3H2,1-2H3. The topological polar surface area (TPSA) is 38.2 Å². The molecule has 1 aromatic rings. The number of aryl methyl sites for hydroxylation is 1. The maximum Gasteiger partial charge on any atom is 0.225 e. The molecule has 0 N–H and O–H groups in total. The van der Waals surface area contributed by atoms with Gasteiger partial charge in [0.25, 0.3) is 0 Å². The number of aromatic nitrogens is 2. The zero-order valence-electron chi connectivity index (χ0n) is 10.4. The Morgan fingerprint density at radius 1 is 1.19 bits per heavy atom. The molecule has 0 unspecified atom stereocenters. The number of anilines is 1. The average molecular weight is 223 g/mol. The molecule has 1 aliphatic heterocycles. The van der Waals surface area contributed by atoms with Gasteiger partial charge in [-0.05, 0) is 12.5 Å². The molecule has 2 heterocycles. The molecule has 2 rings (SSSR count). The Morgan fingerprint density at radius 3 is 2.19 bits per heavy atom. The van der Waals surface area contributed by atoms with Gasteiger partial charge in [-0.1, -0.05) is 20.3 Å². The lowest BCUT2D eigenvalue weighted by Gasteiger charge is -2.26. The van der Waals surface area contributed by atoms with E-state index in [1.54, 1.807) is 0 Å². The Kier molecular flexibility index (Phi) is 5.78. The highest BCUT2D eigenvalue weighted by Crippen LogP contribution is 2.08. The summed E-state index contributed by atoms with van der Waals surface area (Å²) in [7, 11) is 0. The summed E-state index contributed by atoms with van der Waals surface area (Å²) < 4.78 is 5.25. The summed E-state index contributed by atoms with van der Waals surface area (Å²) in [5.74, 6) is 0.814. The van der Waals surface area contributed by atoms with Crippen LogP contribution in [-0.2, 0) is 4.74 Å². The molecule has 0 aliphatic carbocycles. The zero-order chi connectivity index (χ0) is 11.8. The summed E-state index contributed by atoms with van der Waals surface area (Å²) in [5.41, 5.74) is 1.09. The molecule has 1 aliphatic rings. The van der Waals surface area contributed by atoms with Gasteiger partial charge in [0.15, 0.2) is 0 Å². The molecule has 4 heteroatoms. The van der Waals surface area contributed by atoms with Crippen molar-refractivity contribution in [2.75, 3.05) is 31.2 Å². The van der Waals surface area contributed by atoms with Gasteiger partial charge >= 0.3 is 0 Å². The maximum absolute atomic E-state index is 5.25. The van der Waals surface area contributed by atoms with E-state index in [0.717, 1.165) is 37.8 Å². The van der Waals surface area contributed by atoms with Gasteiger partial charge in [0.2, 0.25) is 5.95 Å². The van der Waals surface area contributed by atoms with Crippen LogP contribution in [0.5, 0.6) is 0 Å². The van der Waals surface area contributed by atoms with Crippen LogP contribution in [0.2, 0.25) is 0 Å². The monoisotopic (exact) mass is 223 g/mol. The van der Waals surface area contributed by atoms with Crippen LogP contribution in [0.25, 0.3) is 0 Å². The smallest absolute Gasteiger partial charge is 0.225 e. The van der Waals surface area contributed by atoms with Crippen LogP contribution >= 0.6 is 0 Å². The van der Waals surface area contributed by atoms with Crippen LogP contribution in [0, 0.1) is 6.92 Å². The van der Waals surface area contributed by atoms with E-state index in [9.17, 15) is 0 Å². The largest absolute Gasteiger partial charge is 0.378 e. The maximum atomic E-state index is 5.25. The predicted octanol–water partition coefficient (Wildman–Crippen LogP) is 2.04. The fourth-order valence-corrected chi connectivity index (χ4v) is 1.31. The predicted molar refractivity (Wildman–Crippen MR) is 65.8 cm³/mol. The first-order valence-electron chi connectivity index (χ1n) is 5.89. The molecule has 0 saturated carbocycles. The van der Waals surface area contributed by atoms with Gasteiger partial charge in [0, 0.05) is 25.5 Å². The molecule has 0 bridgehead atoms. The second-order valence-electron chi connectivity index (χ2n) is 3.87. The minimum atomic E-state index is 0.775. The van der Waals surface area contributed by atoms with E-state index < -0.39 is 0 Å². The summed E-state index contributed by atoms with van der Waals surface area (Å²) in [5, 5.41) is 0. The van der Waals surface area contributed by atoms with Crippen LogP contribution in [0.15, 0.2) is 12.4 Å². The molecule has 16 heavy (non-hydrogen) atoms. The highest BCUT2D eigenvalue weighted by Gasteiger charge is 2.12. The van der Waals surface area contributed by atoms with Crippen molar-refractivity contribution in [1.82, 2.24) is 9.97 Å². The Hall–Kier alpha value is -1.16. The number of nitrogens with zero attached hydrogens (tertiary/aromatic N) is 3. The summed E-state index contributed by atoms with van der Waals surface area (Å²) in [6.45, 7) is 9.57. The molecule has 0 atom stereocenters. The highest BCUT2D eigenvalue weighted by atomic mass is 16.5. The number of ether oxygens (including phenoxy) is 1. The van der Waals surface area contributed by atoms with E-state index >= 15 is 0 Å². The van der Waals surface area contributed by atoms with Gasteiger partial charge in [0.1, 0.15) is 0 Å². The number of hydrogen-bond acceptors (Lipinski definition) is 4. The van der Waals surface area contributed by atoms with E-state index in [4.69, 9.17) is 4.74 Å². The average Bonchev–Trinajstić information content (AvgIpc) is 2.32. The van der Waals surface area contributed by atoms with Crippen LogP contribution < -0.4 is 4.90 Å². The molecule has 1 saturated heterocycles. The van der Waals surface area contributed by atoms with Crippen molar-refractivity contribution in [3.63, 3.8) is 0 Å².